The molecule has 1 fully saturated rings. The second-order valence-electron chi connectivity index (χ2n) is 11.3. The van der Waals surface area contributed by atoms with E-state index < -0.39 is 17.7 Å². The smallest absolute Gasteiger partial charge is 0.255 e. The molecular formula is C31H33ClFN7O2S. The highest BCUT2D eigenvalue weighted by Gasteiger charge is 2.27. The van der Waals surface area contributed by atoms with Gasteiger partial charge in [0.05, 0.1) is 49.2 Å². The van der Waals surface area contributed by atoms with E-state index in [1.165, 1.54) is 75.8 Å². The number of halogens is 2. The second-order valence-corrected chi connectivity index (χ2v) is 12.8. The van der Waals surface area contributed by atoms with Crippen LogP contribution in [0.4, 0.5) is 27.4 Å². The molecule has 4 N–H and O–H groups in total. The minimum Gasteiger partial charge on any atom is -0.387 e. The number of carbonyl (C=O) groups excluding carboxylic acids is 1. The number of nitriles is 1. The number of aliphatic hydroxyl groups is 1. The molecule has 3 heterocycles. The molecule has 1 aromatic carbocycles. The standard InChI is InChI=1S/C31H33ClFN7O2S/c1-31(2,42)26(33)17-37-29(41)21-16-35-27(40-28-22(32)11-18(14-34)15-36-28)13-24(21)38-20-9-10-23-25(12-20)43-30(39-23)19-7-5-3-4-6-8-19/h9-13,15-16,19,26,42H,3-8,17H2,1-2H3,(H,37,41)(H2,35,36,38,40)/t26-/m1/s1. The van der Waals surface area contributed by atoms with Crippen LogP contribution >= 0.6 is 22.9 Å². The highest BCUT2D eigenvalue weighted by Crippen LogP contribution is 2.37. The molecule has 3 aromatic heterocycles. The van der Waals surface area contributed by atoms with Crippen molar-refractivity contribution in [2.24, 2.45) is 0 Å². The van der Waals surface area contributed by atoms with E-state index in [-0.39, 0.29) is 17.1 Å². The number of hydrogen-bond donors (Lipinski definition) is 4. The summed E-state index contributed by atoms with van der Waals surface area (Å²) in [6, 6.07) is 11.0. The molecule has 12 heteroatoms. The molecule has 9 nitrogen and oxygen atoms in total. The average molecular weight is 622 g/mol. The monoisotopic (exact) mass is 621 g/mol. The van der Waals surface area contributed by atoms with E-state index in [0.29, 0.717) is 28.8 Å². The zero-order valence-electron chi connectivity index (χ0n) is 24.0. The molecule has 224 valence electrons. The quantitative estimate of drug-likeness (QED) is 0.142. The van der Waals surface area contributed by atoms with Gasteiger partial charge in [0, 0.05) is 30.1 Å². The summed E-state index contributed by atoms with van der Waals surface area (Å²) >= 11 is 8.00. The van der Waals surface area contributed by atoms with Gasteiger partial charge in [-0.1, -0.05) is 37.3 Å². The largest absolute Gasteiger partial charge is 0.387 e. The minimum atomic E-state index is -1.66. The normalized spacial score (nSPS) is 15.0. The Hall–Kier alpha value is -3.85. The molecule has 0 unspecified atom stereocenters. The minimum absolute atomic E-state index is 0.177. The molecule has 1 aliphatic rings. The van der Waals surface area contributed by atoms with Crippen molar-refractivity contribution in [1.29, 1.82) is 5.26 Å². The second kappa shape index (κ2) is 13.2. The number of benzene rings is 1. The van der Waals surface area contributed by atoms with E-state index in [1.54, 1.807) is 17.4 Å². The fourth-order valence-corrected chi connectivity index (χ4v) is 6.31. The lowest BCUT2D eigenvalue weighted by atomic mass is 10.0. The fraction of sp³-hybridized carbons (Fsp3) is 0.387. The van der Waals surface area contributed by atoms with Gasteiger partial charge in [0.2, 0.25) is 0 Å². The fourth-order valence-electron chi connectivity index (χ4n) is 4.92. The lowest BCUT2D eigenvalue weighted by Crippen LogP contribution is -2.42. The first-order chi connectivity index (χ1) is 20.6. The third-order valence-electron chi connectivity index (χ3n) is 7.46. The molecule has 0 bridgehead atoms. The number of anilines is 4. The number of alkyl halides is 1. The van der Waals surface area contributed by atoms with Crippen LogP contribution in [0.5, 0.6) is 0 Å². The van der Waals surface area contributed by atoms with Crippen LogP contribution in [0.1, 0.15) is 79.2 Å². The van der Waals surface area contributed by atoms with Crippen molar-refractivity contribution in [3.05, 3.63) is 63.9 Å². The van der Waals surface area contributed by atoms with Crippen LogP contribution in [0.15, 0.2) is 42.7 Å². The molecule has 1 amide bonds. The van der Waals surface area contributed by atoms with Gasteiger partial charge in [0.25, 0.3) is 5.91 Å². The van der Waals surface area contributed by atoms with Gasteiger partial charge in [-0.3, -0.25) is 4.79 Å². The van der Waals surface area contributed by atoms with Crippen LogP contribution in [-0.2, 0) is 0 Å². The Bertz CT molecular complexity index is 1660. The highest BCUT2D eigenvalue weighted by molar-refractivity contribution is 7.18. The number of nitrogens with one attached hydrogen (secondary N) is 3. The first kappa shape index (κ1) is 30.6. The third-order valence-corrected chi connectivity index (χ3v) is 8.93. The number of pyridine rings is 2. The molecular weight excluding hydrogens is 589 g/mol. The predicted molar refractivity (Wildman–Crippen MR) is 168 cm³/mol. The first-order valence-corrected chi connectivity index (χ1v) is 15.4. The Labute approximate surface area is 258 Å². The Balaban J connectivity index is 1.43. The van der Waals surface area contributed by atoms with E-state index >= 15 is 0 Å². The van der Waals surface area contributed by atoms with Gasteiger partial charge < -0.3 is 21.1 Å². The molecule has 4 aromatic rings. The third kappa shape index (κ3) is 7.57. The zero-order valence-corrected chi connectivity index (χ0v) is 25.5. The van der Waals surface area contributed by atoms with Crippen LogP contribution in [0.2, 0.25) is 5.02 Å². The number of hydrogen-bond acceptors (Lipinski definition) is 9. The van der Waals surface area contributed by atoms with Crippen LogP contribution in [0.3, 0.4) is 0 Å². The van der Waals surface area contributed by atoms with Gasteiger partial charge >= 0.3 is 0 Å². The molecule has 1 atom stereocenters. The van der Waals surface area contributed by atoms with Crippen molar-refractivity contribution in [3.8, 4) is 6.07 Å². The lowest BCUT2D eigenvalue weighted by Gasteiger charge is -2.22. The topological polar surface area (TPSA) is 136 Å². The number of amides is 1. The number of thiazole rings is 1. The van der Waals surface area contributed by atoms with Crippen LogP contribution in [0.25, 0.3) is 10.2 Å². The summed E-state index contributed by atoms with van der Waals surface area (Å²) < 4.78 is 15.4. The summed E-state index contributed by atoms with van der Waals surface area (Å²) in [4.78, 5) is 26.6. The number of carbonyl (C=O) groups is 1. The van der Waals surface area contributed by atoms with Gasteiger partial charge in [-0.25, -0.2) is 19.3 Å². The summed E-state index contributed by atoms with van der Waals surface area (Å²) in [5, 5.41) is 29.3. The maximum atomic E-state index is 14.4. The molecule has 0 aliphatic heterocycles. The molecule has 0 radical (unpaired) electrons. The number of aromatic nitrogens is 3. The average Bonchev–Trinajstić information content (AvgIpc) is 3.20. The number of rotatable bonds is 9. The predicted octanol–water partition coefficient (Wildman–Crippen LogP) is 7.38. The lowest BCUT2D eigenvalue weighted by molar-refractivity contribution is -0.00177. The molecule has 5 rings (SSSR count). The molecule has 43 heavy (non-hydrogen) atoms. The first-order valence-electron chi connectivity index (χ1n) is 14.3. The molecule has 0 saturated heterocycles. The van der Waals surface area contributed by atoms with Crippen LogP contribution in [-0.4, -0.2) is 44.3 Å². The van der Waals surface area contributed by atoms with E-state index in [0.717, 1.165) is 15.9 Å². The van der Waals surface area contributed by atoms with Crippen molar-refractivity contribution in [3.63, 3.8) is 0 Å². The Morgan fingerprint density at radius 3 is 2.63 bits per heavy atom. The molecule has 0 spiro atoms. The Morgan fingerprint density at radius 1 is 1.16 bits per heavy atom. The van der Waals surface area contributed by atoms with Crippen molar-refractivity contribution in [2.45, 2.75) is 70.1 Å². The summed E-state index contributed by atoms with van der Waals surface area (Å²) in [5.74, 6) is 0.565. The van der Waals surface area contributed by atoms with Gasteiger partial charge in [0.15, 0.2) is 0 Å². The number of fused-ring (bicyclic) bond motifs is 1. The van der Waals surface area contributed by atoms with Crippen LogP contribution < -0.4 is 16.0 Å². The van der Waals surface area contributed by atoms with E-state index in [4.69, 9.17) is 21.8 Å². The van der Waals surface area contributed by atoms with E-state index in [1.807, 2.05) is 24.3 Å². The SMILES string of the molecule is CC(C)(O)[C@H](F)CNC(=O)c1cnc(Nc2ncc(C#N)cc2Cl)cc1Nc1ccc2nc(C3CCCCCC3)sc2c1. The van der Waals surface area contributed by atoms with Crippen molar-refractivity contribution in [2.75, 3.05) is 17.2 Å². The van der Waals surface area contributed by atoms with E-state index in [2.05, 4.69) is 25.9 Å². The van der Waals surface area contributed by atoms with Crippen LogP contribution in [0, 0.1) is 11.3 Å². The Morgan fingerprint density at radius 2 is 1.93 bits per heavy atom. The maximum absolute atomic E-state index is 14.4. The highest BCUT2D eigenvalue weighted by atomic mass is 35.5. The van der Waals surface area contributed by atoms with Gasteiger partial charge in [-0.2, -0.15) is 5.26 Å². The maximum Gasteiger partial charge on any atom is 0.255 e. The van der Waals surface area contributed by atoms with Gasteiger partial charge in [0.1, 0.15) is 23.9 Å². The Kier molecular flexibility index (Phi) is 9.40. The summed E-state index contributed by atoms with van der Waals surface area (Å²) in [5.41, 5.74) is 0.974. The number of nitrogens with zero attached hydrogens (tertiary/aromatic N) is 4. The zero-order chi connectivity index (χ0) is 30.6. The van der Waals surface area contributed by atoms with Crippen molar-refractivity contribution >= 4 is 62.1 Å². The van der Waals surface area contributed by atoms with Gasteiger partial charge in [-0.05, 0) is 51.0 Å². The van der Waals surface area contributed by atoms with Crippen molar-refractivity contribution in [1.82, 2.24) is 20.3 Å². The molecule has 1 aliphatic carbocycles. The van der Waals surface area contributed by atoms with E-state index in [9.17, 15) is 14.3 Å². The summed E-state index contributed by atoms with van der Waals surface area (Å²) in [6.45, 7) is 2.32. The summed E-state index contributed by atoms with van der Waals surface area (Å²) in [7, 11) is 0. The molecule has 1 saturated carbocycles. The van der Waals surface area contributed by atoms with Gasteiger partial charge in [-0.15, -0.1) is 11.3 Å². The summed E-state index contributed by atoms with van der Waals surface area (Å²) in [6.07, 6.45) is 8.46. The van der Waals surface area contributed by atoms with Crippen molar-refractivity contribution < 1.29 is 14.3 Å².